The zero-order valence-corrected chi connectivity index (χ0v) is 11.5. The number of ether oxygens (including phenoxy) is 1. The third-order valence-electron chi connectivity index (χ3n) is 2.85. The first kappa shape index (κ1) is 13.3. The van der Waals surface area contributed by atoms with Gasteiger partial charge in [0, 0.05) is 12.4 Å². The molecule has 2 aromatic rings. The highest BCUT2D eigenvalue weighted by atomic mass is 16.5. The third-order valence-corrected chi connectivity index (χ3v) is 2.85. The molecule has 0 aliphatic heterocycles. The molecule has 0 spiro atoms. The smallest absolute Gasteiger partial charge is 0.269 e. The minimum absolute atomic E-state index is 0.00392. The molecule has 1 aromatic carbocycles. The van der Waals surface area contributed by atoms with Crippen LogP contribution in [0.4, 0.5) is 0 Å². The van der Waals surface area contributed by atoms with E-state index < -0.39 is 0 Å². The standard InChI is InChI=1S/C15H18N2O2/c1-15(2,3)12-5-4-6-13(9-12)19-10-14(18)17-8-7-16-11-17/h4-9,11H,10H2,1-3H3. The summed E-state index contributed by atoms with van der Waals surface area (Å²) < 4.78 is 6.94. The van der Waals surface area contributed by atoms with E-state index in [0.717, 1.165) is 0 Å². The number of hydrogen-bond acceptors (Lipinski definition) is 3. The number of nitrogens with zero attached hydrogens (tertiary/aromatic N) is 2. The highest BCUT2D eigenvalue weighted by Crippen LogP contribution is 2.25. The van der Waals surface area contributed by atoms with Gasteiger partial charge in [-0.05, 0) is 23.1 Å². The van der Waals surface area contributed by atoms with Gasteiger partial charge in [-0.3, -0.25) is 9.36 Å². The molecule has 0 saturated carbocycles. The molecule has 4 heteroatoms. The Morgan fingerprint density at radius 1 is 1.37 bits per heavy atom. The number of carbonyl (C=O) groups is 1. The second-order valence-corrected chi connectivity index (χ2v) is 5.43. The second-order valence-electron chi connectivity index (χ2n) is 5.43. The van der Waals surface area contributed by atoms with Gasteiger partial charge in [0.1, 0.15) is 12.1 Å². The summed E-state index contributed by atoms with van der Waals surface area (Å²) in [6.45, 7) is 6.43. The van der Waals surface area contributed by atoms with Gasteiger partial charge in [0.2, 0.25) is 0 Å². The van der Waals surface area contributed by atoms with Crippen molar-refractivity contribution in [2.75, 3.05) is 6.61 Å². The molecule has 0 saturated heterocycles. The number of imidazole rings is 1. The molecule has 1 heterocycles. The van der Waals surface area contributed by atoms with Gasteiger partial charge < -0.3 is 4.74 Å². The normalized spacial score (nSPS) is 11.3. The van der Waals surface area contributed by atoms with Gasteiger partial charge in [0.25, 0.3) is 5.91 Å². The quantitative estimate of drug-likeness (QED) is 0.850. The Bertz CT molecular complexity index is 554. The summed E-state index contributed by atoms with van der Waals surface area (Å²) in [6.07, 6.45) is 4.65. The van der Waals surface area contributed by atoms with Crippen molar-refractivity contribution in [3.05, 3.63) is 48.5 Å². The molecule has 0 radical (unpaired) electrons. The molecule has 0 aliphatic rings. The van der Waals surface area contributed by atoms with Crippen LogP contribution in [-0.2, 0) is 5.41 Å². The maximum atomic E-state index is 11.8. The first-order valence-corrected chi connectivity index (χ1v) is 6.21. The SMILES string of the molecule is CC(C)(C)c1cccc(OCC(=O)n2ccnc2)c1. The van der Waals surface area contributed by atoms with Gasteiger partial charge in [0.05, 0.1) is 0 Å². The van der Waals surface area contributed by atoms with Gasteiger partial charge in [-0.2, -0.15) is 0 Å². The summed E-state index contributed by atoms with van der Waals surface area (Å²) >= 11 is 0. The Balaban J connectivity index is 2.02. The van der Waals surface area contributed by atoms with Crippen molar-refractivity contribution in [2.45, 2.75) is 26.2 Å². The van der Waals surface area contributed by atoms with Crippen molar-refractivity contribution in [1.82, 2.24) is 9.55 Å². The molecule has 0 unspecified atom stereocenters. The van der Waals surface area contributed by atoms with Crippen LogP contribution in [0.3, 0.4) is 0 Å². The minimum Gasteiger partial charge on any atom is -0.484 e. The molecule has 0 N–H and O–H groups in total. The average Bonchev–Trinajstić information content (AvgIpc) is 2.89. The van der Waals surface area contributed by atoms with Crippen molar-refractivity contribution in [2.24, 2.45) is 0 Å². The summed E-state index contributed by atoms with van der Waals surface area (Å²) in [5.74, 6) is 0.569. The molecule has 4 nitrogen and oxygen atoms in total. The Labute approximate surface area is 113 Å². The predicted molar refractivity (Wildman–Crippen MR) is 73.5 cm³/mol. The van der Waals surface area contributed by atoms with E-state index >= 15 is 0 Å². The van der Waals surface area contributed by atoms with Crippen LogP contribution >= 0.6 is 0 Å². The molecule has 0 fully saturated rings. The Hall–Kier alpha value is -2.10. The van der Waals surface area contributed by atoms with Gasteiger partial charge in [0.15, 0.2) is 6.61 Å². The lowest BCUT2D eigenvalue weighted by Gasteiger charge is -2.19. The van der Waals surface area contributed by atoms with E-state index in [1.54, 1.807) is 12.4 Å². The lowest BCUT2D eigenvalue weighted by Crippen LogP contribution is -2.18. The van der Waals surface area contributed by atoms with E-state index in [0.29, 0.717) is 5.75 Å². The fraction of sp³-hybridized carbons (Fsp3) is 0.333. The molecule has 1 aromatic heterocycles. The van der Waals surface area contributed by atoms with Crippen LogP contribution in [0.1, 0.15) is 31.1 Å². The van der Waals surface area contributed by atoms with Gasteiger partial charge in [-0.25, -0.2) is 4.98 Å². The van der Waals surface area contributed by atoms with Crippen LogP contribution in [0.2, 0.25) is 0 Å². The molecular formula is C15H18N2O2. The number of carbonyl (C=O) groups excluding carboxylic acids is 1. The van der Waals surface area contributed by atoms with E-state index in [1.807, 2.05) is 18.2 Å². The van der Waals surface area contributed by atoms with Gasteiger partial charge in [-0.1, -0.05) is 32.9 Å². The molecule has 0 atom stereocenters. The van der Waals surface area contributed by atoms with Crippen molar-refractivity contribution in [1.29, 1.82) is 0 Å². The zero-order chi connectivity index (χ0) is 13.9. The minimum atomic E-state index is -0.140. The molecule has 0 bridgehead atoms. The Morgan fingerprint density at radius 2 is 2.16 bits per heavy atom. The number of rotatable bonds is 3. The fourth-order valence-electron chi connectivity index (χ4n) is 1.68. The van der Waals surface area contributed by atoms with Crippen LogP contribution in [-0.4, -0.2) is 22.1 Å². The van der Waals surface area contributed by atoms with Crippen molar-refractivity contribution >= 4 is 5.91 Å². The van der Waals surface area contributed by atoms with E-state index in [-0.39, 0.29) is 17.9 Å². The van der Waals surface area contributed by atoms with Crippen LogP contribution in [0.15, 0.2) is 43.0 Å². The molecule has 19 heavy (non-hydrogen) atoms. The molecular weight excluding hydrogens is 240 g/mol. The van der Waals surface area contributed by atoms with Crippen LogP contribution < -0.4 is 4.74 Å². The summed E-state index contributed by atoms with van der Waals surface area (Å²) in [5, 5.41) is 0. The first-order valence-electron chi connectivity index (χ1n) is 6.21. The van der Waals surface area contributed by atoms with Crippen LogP contribution in [0, 0.1) is 0 Å². The van der Waals surface area contributed by atoms with Crippen molar-refractivity contribution in [3.63, 3.8) is 0 Å². The van der Waals surface area contributed by atoms with E-state index in [2.05, 4.69) is 31.8 Å². The van der Waals surface area contributed by atoms with Crippen molar-refractivity contribution < 1.29 is 9.53 Å². The van der Waals surface area contributed by atoms with E-state index in [4.69, 9.17) is 4.74 Å². The maximum absolute atomic E-state index is 11.8. The largest absolute Gasteiger partial charge is 0.484 e. The number of aromatic nitrogens is 2. The topological polar surface area (TPSA) is 44.1 Å². The lowest BCUT2D eigenvalue weighted by molar-refractivity contribution is 0.0837. The average molecular weight is 258 g/mol. The Kier molecular flexibility index (Phi) is 3.69. The van der Waals surface area contributed by atoms with Crippen LogP contribution in [0.5, 0.6) is 5.75 Å². The number of hydrogen-bond donors (Lipinski definition) is 0. The second kappa shape index (κ2) is 5.26. The van der Waals surface area contributed by atoms with E-state index in [1.165, 1.54) is 16.5 Å². The highest BCUT2D eigenvalue weighted by molar-refractivity contribution is 5.80. The molecule has 100 valence electrons. The number of benzene rings is 1. The summed E-state index contributed by atoms with van der Waals surface area (Å²) in [5.41, 5.74) is 1.24. The first-order chi connectivity index (χ1) is 8.97. The predicted octanol–water partition coefficient (Wildman–Crippen LogP) is 2.90. The summed E-state index contributed by atoms with van der Waals surface area (Å²) in [7, 11) is 0. The summed E-state index contributed by atoms with van der Waals surface area (Å²) in [6, 6.07) is 7.83. The molecule has 0 amide bonds. The monoisotopic (exact) mass is 258 g/mol. The van der Waals surface area contributed by atoms with Crippen LogP contribution in [0.25, 0.3) is 0 Å². The summed E-state index contributed by atoms with van der Waals surface area (Å²) in [4.78, 5) is 15.6. The van der Waals surface area contributed by atoms with E-state index in [9.17, 15) is 4.79 Å². The Morgan fingerprint density at radius 3 is 2.79 bits per heavy atom. The fourth-order valence-corrected chi connectivity index (χ4v) is 1.68. The molecule has 0 aliphatic carbocycles. The molecule has 2 rings (SSSR count). The zero-order valence-electron chi connectivity index (χ0n) is 11.5. The van der Waals surface area contributed by atoms with Crippen molar-refractivity contribution in [3.8, 4) is 5.75 Å². The highest BCUT2D eigenvalue weighted by Gasteiger charge is 2.14. The van der Waals surface area contributed by atoms with Gasteiger partial charge >= 0.3 is 0 Å². The third kappa shape index (κ3) is 3.44. The van der Waals surface area contributed by atoms with Gasteiger partial charge in [-0.15, -0.1) is 0 Å². The lowest BCUT2D eigenvalue weighted by atomic mass is 9.87. The maximum Gasteiger partial charge on any atom is 0.269 e.